The summed E-state index contributed by atoms with van der Waals surface area (Å²) in [4.78, 5) is 0. The van der Waals surface area contributed by atoms with Gasteiger partial charge in [0.1, 0.15) is 0 Å². The fourth-order valence-corrected chi connectivity index (χ4v) is 3.57. The van der Waals surface area contributed by atoms with E-state index in [4.69, 9.17) is 18.9 Å². The maximum atomic E-state index is 12.5. The number of hydrogen-bond donors (Lipinski definition) is 0. The molecule has 6 heteroatoms. The van der Waals surface area contributed by atoms with Gasteiger partial charge in [0.15, 0.2) is 23.0 Å². The summed E-state index contributed by atoms with van der Waals surface area (Å²) in [6.07, 6.45) is 0. The van der Waals surface area contributed by atoms with E-state index < -0.39 is 10.8 Å². The monoisotopic (exact) mass is 350 g/mol. The van der Waals surface area contributed by atoms with E-state index in [2.05, 4.69) is 0 Å². The topological polar surface area (TPSA) is 54.0 Å². The van der Waals surface area contributed by atoms with Gasteiger partial charge in [0, 0.05) is 22.3 Å². The summed E-state index contributed by atoms with van der Waals surface area (Å²) in [7, 11) is 5.30. The second-order valence-electron chi connectivity index (χ2n) is 5.11. The van der Waals surface area contributed by atoms with E-state index >= 15 is 0 Å². The van der Waals surface area contributed by atoms with E-state index in [9.17, 15) is 4.21 Å². The van der Waals surface area contributed by atoms with Gasteiger partial charge in [-0.15, -0.1) is 0 Å². The predicted molar refractivity (Wildman–Crippen MR) is 94.6 cm³/mol. The lowest BCUT2D eigenvalue weighted by Gasteiger charge is -2.11. The molecule has 0 N–H and O–H groups in total. The van der Waals surface area contributed by atoms with Crippen LogP contribution in [0.15, 0.2) is 36.4 Å². The molecule has 5 nitrogen and oxygen atoms in total. The van der Waals surface area contributed by atoms with Gasteiger partial charge in [0.05, 0.1) is 28.4 Å². The minimum Gasteiger partial charge on any atom is -0.493 e. The third kappa shape index (κ3) is 4.41. The highest BCUT2D eigenvalue weighted by atomic mass is 32.2. The van der Waals surface area contributed by atoms with Crippen LogP contribution in [0.3, 0.4) is 0 Å². The lowest BCUT2D eigenvalue weighted by atomic mass is 10.2. The second kappa shape index (κ2) is 8.59. The summed E-state index contributed by atoms with van der Waals surface area (Å²) >= 11 is 0. The Bertz CT molecular complexity index is 655. The maximum Gasteiger partial charge on any atom is 0.161 e. The van der Waals surface area contributed by atoms with Crippen LogP contribution in [0.2, 0.25) is 0 Å². The molecule has 0 radical (unpaired) electrons. The van der Waals surface area contributed by atoms with Gasteiger partial charge >= 0.3 is 0 Å². The summed E-state index contributed by atoms with van der Waals surface area (Å²) in [5.41, 5.74) is 1.87. The summed E-state index contributed by atoms with van der Waals surface area (Å²) in [6.45, 7) is 0. The Balaban J connectivity index is 2.08. The molecule has 0 saturated carbocycles. The van der Waals surface area contributed by atoms with Crippen molar-refractivity contribution >= 4 is 10.8 Å². The van der Waals surface area contributed by atoms with Crippen LogP contribution < -0.4 is 18.9 Å². The van der Waals surface area contributed by atoms with Gasteiger partial charge in [-0.05, 0) is 35.4 Å². The molecule has 0 spiro atoms. The van der Waals surface area contributed by atoms with Gasteiger partial charge in [0.25, 0.3) is 0 Å². The molecule has 0 aliphatic carbocycles. The Kier molecular flexibility index (Phi) is 6.49. The first kappa shape index (κ1) is 18.1. The van der Waals surface area contributed by atoms with Gasteiger partial charge in [-0.25, -0.2) is 0 Å². The molecular formula is C18H22O5S. The van der Waals surface area contributed by atoms with Crippen LogP contribution >= 0.6 is 0 Å². The highest BCUT2D eigenvalue weighted by Crippen LogP contribution is 2.30. The third-order valence-electron chi connectivity index (χ3n) is 3.55. The highest BCUT2D eigenvalue weighted by Gasteiger charge is 2.10. The standard InChI is InChI=1S/C18H22O5S/c1-20-15-7-5-13(9-17(15)22-3)11-24(19)12-14-6-8-16(21-2)18(10-14)23-4/h5-10H,11-12H2,1-4H3. The quantitative estimate of drug-likeness (QED) is 0.732. The molecule has 130 valence electrons. The first-order valence-corrected chi connectivity index (χ1v) is 8.86. The zero-order valence-corrected chi connectivity index (χ0v) is 15.1. The number of ether oxygens (including phenoxy) is 4. The molecule has 0 aliphatic heterocycles. The van der Waals surface area contributed by atoms with E-state index in [-0.39, 0.29) is 0 Å². The molecule has 0 saturated heterocycles. The van der Waals surface area contributed by atoms with Crippen LogP contribution in [0.5, 0.6) is 23.0 Å². The zero-order valence-electron chi connectivity index (χ0n) is 14.3. The van der Waals surface area contributed by atoms with Crippen molar-refractivity contribution in [2.45, 2.75) is 11.5 Å². The molecule has 0 aliphatic rings. The smallest absolute Gasteiger partial charge is 0.161 e. The second-order valence-corrected chi connectivity index (χ2v) is 6.56. The fourth-order valence-electron chi connectivity index (χ4n) is 2.36. The van der Waals surface area contributed by atoms with Crippen LogP contribution in [0.25, 0.3) is 0 Å². The molecule has 0 bridgehead atoms. The lowest BCUT2D eigenvalue weighted by molar-refractivity contribution is 0.354. The Morgan fingerprint density at radius 1 is 0.667 bits per heavy atom. The molecule has 2 rings (SSSR count). The van der Waals surface area contributed by atoms with Gasteiger partial charge in [0.2, 0.25) is 0 Å². The molecular weight excluding hydrogens is 328 g/mol. The van der Waals surface area contributed by atoms with Crippen molar-refractivity contribution in [2.75, 3.05) is 28.4 Å². The molecule has 0 amide bonds. The molecule has 2 aromatic rings. The average molecular weight is 350 g/mol. The SMILES string of the molecule is COc1ccc(CS(=O)Cc2ccc(OC)c(OC)c2)cc1OC. The van der Waals surface area contributed by atoms with Crippen LogP contribution in [0, 0.1) is 0 Å². The van der Waals surface area contributed by atoms with Crippen molar-refractivity contribution in [2.24, 2.45) is 0 Å². The minimum absolute atomic E-state index is 0.439. The number of hydrogen-bond acceptors (Lipinski definition) is 5. The molecule has 0 fully saturated rings. The van der Waals surface area contributed by atoms with Crippen molar-refractivity contribution in [3.8, 4) is 23.0 Å². The summed E-state index contributed by atoms with van der Waals surface area (Å²) < 4.78 is 33.4. The van der Waals surface area contributed by atoms with Crippen LogP contribution in [-0.4, -0.2) is 32.6 Å². The Morgan fingerprint density at radius 2 is 1.04 bits per heavy atom. The fraction of sp³-hybridized carbons (Fsp3) is 0.333. The molecule has 0 aromatic heterocycles. The van der Waals surface area contributed by atoms with E-state index in [0.717, 1.165) is 11.1 Å². The normalized spacial score (nSPS) is 10.5. The summed E-state index contributed by atoms with van der Waals surface area (Å²) in [6, 6.07) is 11.1. The van der Waals surface area contributed by atoms with E-state index in [0.29, 0.717) is 34.5 Å². The Morgan fingerprint density at radius 3 is 1.38 bits per heavy atom. The number of methoxy groups -OCH3 is 4. The highest BCUT2D eigenvalue weighted by molar-refractivity contribution is 7.83. The first-order chi connectivity index (χ1) is 11.6. The average Bonchev–Trinajstić information content (AvgIpc) is 2.61. The molecule has 24 heavy (non-hydrogen) atoms. The minimum atomic E-state index is -1.05. The van der Waals surface area contributed by atoms with Crippen molar-refractivity contribution in [3.05, 3.63) is 47.5 Å². The van der Waals surface area contributed by atoms with Gasteiger partial charge in [-0.2, -0.15) is 0 Å². The maximum absolute atomic E-state index is 12.5. The molecule has 0 heterocycles. The van der Waals surface area contributed by atoms with E-state index in [1.54, 1.807) is 28.4 Å². The third-order valence-corrected chi connectivity index (χ3v) is 4.86. The molecule has 2 aromatic carbocycles. The van der Waals surface area contributed by atoms with E-state index in [1.807, 2.05) is 36.4 Å². The van der Waals surface area contributed by atoms with Crippen LogP contribution in [-0.2, 0) is 22.3 Å². The predicted octanol–water partition coefficient (Wildman–Crippen LogP) is 3.17. The van der Waals surface area contributed by atoms with Gasteiger partial charge in [-0.3, -0.25) is 4.21 Å². The first-order valence-electron chi connectivity index (χ1n) is 7.38. The van der Waals surface area contributed by atoms with Crippen molar-refractivity contribution in [3.63, 3.8) is 0 Å². The van der Waals surface area contributed by atoms with E-state index in [1.165, 1.54) is 0 Å². The number of rotatable bonds is 8. The summed E-state index contributed by atoms with van der Waals surface area (Å²) in [5.74, 6) is 3.47. The van der Waals surface area contributed by atoms with Crippen LogP contribution in [0.1, 0.15) is 11.1 Å². The van der Waals surface area contributed by atoms with Crippen molar-refractivity contribution in [1.29, 1.82) is 0 Å². The molecule has 0 unspecified atom stereocenters. The summed E-state index contributed by atoms with van der Waals surface area (Å²) in [5, 5.41) is 0. The van der Waals surface area contributed by atoms with Crippen molar-refractivity contribution < 1.29 is 23.2 Å². The number of benzene rings is 2. The van der Waals surface area contributed by atoms with Gasteiger partial charge < -0.3 is 18.9 Å². The van der Waals surface area contributed by atoms with Crippen molar-refractivity contribution in [1.82, 2.24) is 0 Å². The zero-order chi connectivity index (χ0) is 17.5. The Hall–Kier alpha value is -2.21. The lowest BCUT2D eigenvalue weighted by Crippen LogP contribution is -2.01. The van der Waals surface area contributed by atoms with Gasteiger partial charge in [-0.1, -0.05) is 12.1 Å². The molecule has 0 atom stereocenters. The Labute approximate surface area is 145 Å². The van der Waals surface area contributed by atoms with Crippen LogP contribution in [0.4, 0.5) is 0 Å². The largest absolute Gasteiger partial charge is 0.493 e.